The molecule has 3 rings (SSSR count). The topological polar surface area (TPSA) is 95.3 Å². The molecule has 0 unspecified atom stereocenters. The van der Waals surface area contributed by atoms with Crippen LogP contribution in [0.3, 0.4) is 0 Å². The second-order valence-corrected chi connectivity index (χ2v) is 4.97. The number of anilines is 1. The van der Waals surface area contributed by atoms with Crippen LogP contribution in [0.5, 0.6) is 0 Å². The van der Waals surface area contributed by atoms with Gasteiger partial charge in [-0.25, -0.2) is 4.79 Å². The molecule has 0 radical (unpaired) electrons. The number of aliphatic hydroxyl groups is 1. The number of hydrogen-bond donors (Lipinski definition) is 3. The molecule has 1 heterocycles. The van der Waals surface area contributed by atoms with Gasteiger partial charge in [0.25, 0.3) is 0 Å². The maximum Gasteiger partial charge on any atom is 0.417 e. The average Bonchev–Trinajstić information content (AvgIpc) is 2.67. The van der Waals surface area contributed by atoms with Crippen molar-refractivity contribution in [3.05, 3.63) is 28.7 Å². The number of oxazole rings is 1. The molecule has 6 nitrogen and oxygen atoms in total. The number of carbonyl (C=O) groups excluding carboxylic acids is 1. The Labute approximate surface area is 108 Å². The second-order valence-electron chi connectivity index (χ2n) is 4.97. The molecule has 1 aromatic heterocycles. The Kier molecular flexibility index (Phi) is 2.67. The Balaban J connectivity index is 1.84. The lowest BCUT2D eigenvalue weighted by Crippen LogP contribution is -2.44. The number of hydrogen-bond acceptors (Lipinski definition) is 4. The molecular formula is C13H14N2O4. The summed E-state index contributed by atoms with van der Waals surface area (Å²) in [6, 6.07) is 4.93. The lowest BCUT2D eigenvalue weighted by Gasteiger charge is -2.38. The van der Waals surface area contributed by atoms with Crippen molar-refractivity contribution in [1.29, 1.82) is 0 Å². The van der Waals surface area contributed by atoms with Crippen molar-refractivity contribution in [2.45, 2.75) is 19.3 Å². The summed E-state index contributed by atoms with van der Waals surface area (Å²) in [4.78, 5) is 25.7. The molecule has 1 aliphatic rings. The number of carbonyl (C=O) groups is 1. The maximum absolute atomic E-state index is 12.1. The van der Waals surface area contributed by atoms with Crippen LogP contribution in [0.4, 0.5) is 5.69 Å². The molecule has 2 aromatic rings. The van der Waals surface area contributed by atoms with E-state index in [1.807, 2.05) is 0 Å². The Hall–Kier alpha value is -2.08. The number of H-pyrrole nitrogens is 1. The number of nitrogens with one attached hydrogen (secondary N) is 2. The van der Waals surface area contributed by atoms with Crippen molar-refractivity contribution in [2.75, 3.05) is 11.9 Å². The van der Waals surface area contributed by atoms with Crippen LogP contribution in [-0.2, 0) is 4.79 Å². The fraction of sp³-hybridized carbons (Fsp3) is 0.385. The first kappa shape index (κ1) is 12.0. The van der Waals surface area contributed by atoms with Crippen LogP contribution in [0.25, 0.3) is 11.1 Å². The molecule has 1 aliphatic carbocycles. The molecule has 0 aliphatic heterocycles. The molecule has 0 bridgehead atoms. The van der Waals surface area contributed by atoms with Crippen molar-refractivity contribution >= 4 is 22.7 Å². The van der Waals surface area contributed by atoms with Gasteiger partial charge >= 0.3 is 5.76 Å². The Morgan fingerprint density at radius 2 is 2.26 bits per heavy atom. The van der Waals surface area contributed by atoms with Crippen LogP contribution in [0.2, 0.25) is 0 Å². The third-order valence-electron chi connectivity index (χ3n) is 3.77. The largest absolute Gasteiger partial charge is 0.417 e. The molecule has 1 fully saturated rings. The van der Waals surface area contributed by atoms with Gasteiger partial charge in [-0.15, -0.1) is 0 Å². The Morgan fingerprint density at radius 3 is 2.89 bits per heavy atom. The quantitative estimate of drug-likeness (QED) is 0.775. The zero-order valence-corrected chi connectivity index (χ0v) is 10.2. The molecule has 0 spiro atoms. The number of aromatic nitrogens is 1. The van der Waals surface area contributed by atoms with Crippen molar-refractivity contribution in [1.82, 2.24) is 4.98 Å². The number of fused-ring (bicyclic) bond motifs is 1. The van der Waals surface area contributed by atoms with Crippen LogP contribution in [0.1, 0.15) is 19.3 Å². The zero-order chi connectivity index (χ0) is 13.5. The minimum atomic E-state index is -0.640. The van der Waals surface area contributed by atoms with E-state index in [9.17, 15) is 14.7 Å². The molecule has 1 aromatic carbocycles. The van der Waals surface area contributed by atoms with Crippen molar-refractivity contribution in [3.8, 4) is 0 Å². The summed E-state index contributed by atoms with van der Waals surface area (Å²) in [6.45, 7) is -0.135. The number of benzene rings is 1. The number of aliphatic hydroxyl groups excluding tert-OH is 1. The van der Waals surface area contributed by atoms with E-state index in [1.54, 1.807) is 18.2 Å². The average molecular weight is 262 g/mol. The molecule has 100 valence electrons. The third kappa shape index (κ3) is 1.94. The zero-order valence-electron chi connectivity index (χ0n) is 10.2. The van der Waals surface area contributed by atoms with E-state index in [0.29, 0.717) is 29.6 Å². The predicted octanol–water partition coefficient (Wildman–Crippen LogP) is 1.22. The molecule has 19 heavy (non-hydrogen) atoms. The standard InChI is InChI=1S/C13H14N2O4/c16-7-13(4-1-5-13)11(17)14-8-2-3-10-9(6-8)15-12(18)19-10/h2-3,6,16H,1,4-5,7H2,(H,14,17)(H,15,18). The monoisotopic (exact) mass is 262 g/mol. The number of amides is 1. The minimum absolute atomic E-state index is 0.135. The van der Waals surface area contributed by atoms with Gasteiger partial charge in [0.05, 0.1) is 17.5 Å². The van der Waals surface area contributed by atoms with Crippen LogP contribution in [0, 0.1) is 5.41 Å². The molecule has 6 heteroatoms. The summed E-state index contributed by atoms with van der Waals surface area (Å²) < 4.78 is 4.88. The summed E-state index contributed by atoms with van der Waals surface area (Å²) in [5, 5.41) is 12.1. The number of aromatic amines is 1. The van der Waals surface area contributed by atoms with Crippen molar-refractivity contribution in [2.24, 2.45) is 5.41 Å². The van der Waals surface area contributed by atoms with Crippen LogP contribution < -0.4 is 11.1 Å². The van der Waals surface area contributed by atoms with E-state index >= 15 is 0 Å². The van der Waals surface area contributed by atoms with Gasteiger partial charge in [-0.2, -0.15) is 0 Å². The summed E-state index contributed by atoms with van der Waals surface area (Å²) in [7, 11) is 0. The summed E-state index contributed by atoms with van der Waals surface area (Å²) in [5.41, 5.74) is 0.922. The predicted molar refractivity (Wildman–Crippen MR) is 68.8 cm³/mol. The van der Waals surface area contributed by atoms with E-state index in [1.165, 1.54) is 0 Å². The molecule has 1 amide bonds. The van der Waals surface area contributed by atoms with Gasteiger partial charge in [0.1, 0.15) is 0 Å². The van der Waals surface area contributed by atoms with Gasteiger partial charge in [0.15, 0.2) is 5.58 Å². The van der Waals surface area contributed by atoms with Crippen LogP contribution in [-0.4, -0.2) is 22.6 Å². The lowest BCUT2D eigenvalue weighted by molar-refractivity contribution is -0.133. The first-order chi connectivity index (χ1) is 9.13. The first-order valence-electron chi connectivity index (χ1n) is 6.18. The maximum atomic E-state index is 12.1. The molecule has 3 N–H and O–H groups in total. The van der Waals surface area contributed by atoms with Crippen molar-refractivity contribution in [3.63, 3.8) is 0 Å². The normalized spacial score (nSPS) is 17.1. The highest BCUT2D eigenvalue weighted by Crippen LogP contribution is 2.41. The van der Waals surface area contributed by atoms with Gasteiger partial charge in [0, 0.05) is 5.69 Å². The van der Waals surface area contributed by atoms with Gasteiger partial charge in [-0.1, -0.05) is 6.42 Å². The second kappa shape index (κ2) is 4.24. The fourth-order valence-corrected chi connectivity index (χ4v) is 2.35. The Bertz CT molecular complexity index is 676. The fourth-order valence-electron chi connectivity index (χ4n) is 2.35. The van der Waals surface area contributed by atoms with E-state index < -0.39 is 11.2 Å². The van der Waals surface area contributed by atoms with Crippen LogP contribution in [0.15, 0.2) is 27.4 Å². The molecule has 1 saturated carbocycles. The highest BCUT2D eigenvalue weighted by molar-refractivity contribution is 5.97. The smallest absolute Gasteiger partial charge is 0.408 e. The third-order valence-corrected chi connectivity index (χ3v) is 3.77. The van der Waals surface area contributed by atoms with E-state index in [-0.39, 0.29) is 12.5 Å². The molecule has 0 saturated heterocycles. The van der Waals surface area contributed by atoms with E-state index in [2.05, 4.69) is 10.3 Å². The highest BCUT2D eigenvalue weighted by Gasteiger charge is 2.43. The van der Waals surface area contributed by atoms with Crippen LogP contribution >= 0.6 is 0 Å². The summed E-state index contributed by atoms with van der Waals surface area (Å²) in [5.74, 6) is -0.698. The van der Waals surface area contributed by atoms with Gasteiger partial charge in [0.2, 0.25) is 5.91 Å². The van der Waals surface area contributed by atoms with E-state index in [4.69, 9.17) is 4.42 Å². The summed E-state index contributed by atoms with van der Waals surface area (Å²) >= 11 is 0. The highest BCUT2D eigenvalue weighted by atomic mass is 16.4. The summed E-state index contributed by atoms with van der Waals surface area (Å²) in [6.07, 6.45) is 2.38. The minimum Gasteiger partial charge on any atom is -0.408 e. The Morgan fingerprint density at radius 1 is 1.47 bits per heavy atom. The molecule has 0 atom stereocenters. The number of rotatable bonds is 3. The van der Waals surface area contributed by atoms with Gasteiger partial charge in [-0.05, 0) is 31.0 Å². The van der Waals surface area contributed by atoms with Gasteiger partial charge in [-0.3, -0.25) is 9.78 Å². The van der Waals surface area contributed by atoms with E-state index in [0.717, 1.165) is 6.42 Å². The lowest BCUT2D eigenvalue weighted by atomic mass is 9.68. The van der Waals surface area contributed by atoms with Gasteiger partial charge < -0.3 is 14.8 Å². The molecular weight excluding hydrogens is 248 g/mol. The first-order valence-corrected chi connectivity index (χ1v) is 6.18. The van der Waals surface area contributed by atoms with Crippen molar-refractivity contribution < 1.29 is 14.3 Å². The SMILES string of the molecule is O=C(Nc1ccc2oc(=O)[nH]c2c1)C1(CO)CCC1.